The summed E-state index contributed by atoms with van der Waals surface area (Å²) in [7, 11) is -3.19. The number of hydrogen-bond acceptors (Lipinski definition) is 5. The fraction of sp³-hybridized carbons (Fsp3) is 1.00. The van der Waals surface area contributed by atoms with E-state index in [-0.39, 0.29) is 12.4 Å². The molecule has 6 nitrogen and oxygen atoms in total. The highest BCUT2D eigenvalue weighted by molar-refractivity contribution is 7.89. The highest BCUT2D eigenvalue weighted by atomic mass is 32.2. The highest BCUT2D eigenvalue weighted by Crippen LogP contribution is 2.14. The standard InChI is InChI=1S/C14H31N3O3S/c1-3-14(6-7-15)16-8-5-9-17(11-10-16)21(18,19)13-12-20-4-2/h14H,3-13,15H2,1-2H3. The van der Waals surface area contributed by atoms with Crippen LogP contribution in [-0.4, -0.2) is 75.4 Å². The van der Waals surface area contributed by atoms with E-state index in [9.17, 15) is 8.42 Å². The quantitative estimate of drug-likeness (QED) is 0.626. The first-order valence-corrected chi connectivity index (χ1v) is 9.65. The van der Waals surface area contributed by atoms with Gasteiger partial charge in [-0.25, -0.2) is 12.7 Å². The lowest BCUT2D eigenvalue weighted by Crippen LogP contribution is -2.41. The number of ether oxygens (including phenoxy) is 1. The Bertz CT molecular complexity index is 376. The third-order valence-electron chi connectivity index (χ3n) is 4.06. The van der Waals surface area contributed by atoms with E-state index < -0.39 is 10.0 Å². The van der Waals surface area contributed by atoms with Gasteiger partial charge in [0.15, 0.2) is 0 Å². The van der Waals surface area contributed by atoms with Crippen molar-refractivity contribution in [2.75, 3.05) is 51.7 Å². The summed E-state index contributed by atoms with van der Waals surface area (Å²) >= 11 is 0. The Morgan fingerprint density at radius 2 is 1.95 bits per heavy atom. The van der Waals surface area contributed by atoms with Crippen molar-refractivity contribution in [2.45, 2.75) is 39.2 Å². The second-order valence-corrected chi connectivity index (χ2v) is 7.53. The summed E-state index contributed by atoms with van der Waals surface area (Å²) in [5, 5.41) is 0. The van der Waals surface area contributed by atoms with Gasteiger partial charge >= 0.3 is 0 Å². The molecule has 7 heteroatoms. The van der Waals surface area contributed by atoms with Crippen LogP contribution in [0.1, 0.15) is 33.1 Å². The molecule has 0 aliphatic carbocycles. The molecule has 126 valence electrons. The Balaban J connectivity index is 2.54. The van der Waals surface area contributed by atoms with Gasteiger partial charge in [-0.1, -0.05) is 6.92 Å². The summed E-state index contributed by atoms with van der Waals surface area (Å²) in [6.07, 6.45) is 2.93. The molecule has 21 heavy (non-hydrogen) atoms. The Morgan fingerprint density at radius 1 is 1.19 bits per heavy atom. The van der Waals surface area contributed by atoms with Gasteiger partial charge in [0.1, 0.15) is 0 Å². The maximum atomic E-state index is 12.3. The average Bonchev–Trinajstić information content (AvgIpc) is 2.71. The van der Waals surface area contributed by atoms with Gasteiger partial charge in [0.05, 0.1) is 12.4 Å². The zero-order valence-electron chi connectivity index (χ0n) is 13.5. The number of hydrogen-bond donors (Lipinski definition) is 1. The van der Waals surface area contributed by atoms with Crippen LogP contribution in [0.25, 0.3) is 0 Å². The second-order valence-electron chi connectivity index (χ2n) is 5.44. The van der Waals surface area contributed by atoms with E-state index in [4.69, 9.17) is 10.5 Å². The topological polar surface area (TPSA) is 75.9 Å². The molecule has 0 amide bonds. The molecule has 1 saturated heterocycles. The minimum absolute atomic E-state index is 0.0842. The average molecular weight is 321 g/mol. The molecule has 0 bridgehead atoms. The fourth-order valence-electron chi connectivity index (χ4n) is 2.83. The Labute approximate surface area is 129 Å². The van der Waals surface area contributed by atoms with Crippen molar-refractivity contribution in [3.8, 4) is 0 Å². The molecule has 1 unspecified atom stereocenters. The Morgan fingerprint density at radius 3 is 2.57 bits per heavy atom. The van der Waals surface area contributed by atoms with E-state index in [1.165, 1.54) is 0 Å². The van der Waals surface area contributed by atoms with Gasteiger partial charge in [-0.3, -0.25) is 4.90 Å². The van der Waals surface area contributed by atoms with Gasteiger partial charge in [0, 0.05) is 32.3 Å². The maximum absolute atomic E-state index is 12.3. The molecule has 1 aliphatic rings. The molecule has 1 heterocycles. The molecule has 0 aromatic carbocycles. The van der Waals surface area contributed by atoms with Crippen molar-refractivity contribution in [3.05, 3.63) is 0 Å². The van der Waals surface area contributed by atoms with Crippen LogP contribution in [0.2, 0.25) is 0 Å². The van der Waals surface area contributed by atoms with Crippen molar-refractivity contribution in [2.24, 2.45) is 5.73 Å². The van der Waals surface area contributed by atoms with Crippen LogP contribution in [0.15, 0.2) is 0 Å². The van der Waals surface area contributed by atoms with Crippen molar-refractivity contribution in [3.63, 3.8) is 0 Å². The highest BCUT2D eigenvalue weighted by Gasteiger charge is 2.26. The van der Waals surface area contributed by atoms with Crippen LogP contribution in [0, 0.1) is 0 Å². The molecule has 0 spiro atoms. The summed E-state index contributed by atoms with van der Waals surface area (Å²) in [5.74, 6) is 0.0842. The lowest BCUT2D eigenvalue weighted by Gasteiger charge is -2.29. The van der Waals surface area contributed by atoms with Crippen molar-refractivity contribution >= 4 is 10.0 Å². The molecule has 2 N–H and O–H groups in total. The summed E-state index contributed by atoms with van der Waals surface area (Å²) in [6, 6.07) is 0.473. The molecule has 0 aromatic heterocycles. The third-order valence-corrected chi connectivity index (χ3v) is 5.89. The predicted octanol–water partition coefficient (Wildman–Crippen LogP) is 0.488. The largest absolute Gasteiger partial charge is 0.381 e. The zero-order chi connectivity index (χ0) is 15.7. The summed E-state index contributed by atoms with van der Waals surface area (Å²) in [6.45, 7) is 8.51. The molecule has 0 aromatic rings. The van der Waals surface area contributed by atoms with Gasteiger partial charge in [0.2, 0.25) is 10.0 Å². The van der Waals surface area contributed by atoms with Crippen molar-refractivity contribution in [1.29, 1.82) is 0 Å². The smallest absolute Gasteiger partial charge is 0.216 e. The Hall–Kier alpha value is -0.210. The fourth-order valence-corrected chi connectivity index (χ4v) is 4.19. The van der Waals surface area contributed by atoms with Crippen LogP contribution >= 0.6 is 0 Å². The summed E-state index contributed by atoms with van der Waals surface area (Å²) < 4.78 is 31.4. The number of rotatable bonds is 9. The molecule has 0 radical (unpaired) electrons. The van der Waals surface area contributed by atoms with Gasteiger partial charge < -0.3 is 10.5 Å². The predicted molar refractivity (Wildman–Crippen MR) is 85.8 cm³/mol. The van der Waals surface area contributed by atoms with Crippen LogP contribution in [0.3, 0.4) is 0 Å². The number of nitrogens with zero attached hydrogens (tertiary/aromatic N) is 2. The Kier molecular flexibility index (Phi) is 8.73. The summed E-state index contributed by atoms with van der Waals surface area (Å²) in [5.41, 5.74) is 5.67. The second kappa shape index (κ2) is 9.74. The minimum Gasteiger partial charge on any atom is -0.381 e. The monoisotopic (exact) mass is 321 g/mol. The molecule has 0 saturated carbocycles. The molecule has 1 atom stereocenters. The third kappa shape index (κ3) is 6.20. The van der Waals surface area contributed by atoms with E-state index in [1.807, 2.05) is 6.92 Å². The van der Waals surface area contributed by atoms with Crippen LogP contribution in [-0.2, 0) is 14.8 Å². The maximum Gasteiger partial charge on any atom is 0.216 e. The van der Waals surface area contributed by atoms with Crippen LogP contribution in [0.4, 0.5) is 0 Å². The first-order chi connectivity index (χ1) is 10.0. The van der Waals surface area contributed by atoms with Crippen molar-refractivity contribution in [1.82, 2.24) is 9.21 Å². The minimum atomic E-state index is -3.19. The van der Waals surface area contributed by atoms with Gasteiger partial charge in [0.25, 0.3) is 0 Å². The van der Waals surface area contributed by atoms with Crippen LogP contribution in [0.5, 0.6) is 0 Å². The first kappa shape index (κ1) is 18.8. The number of nitrogens with two attached hydrogens (primary N) is 1. The zero-order valence-corrected chi connectivity index (χ0v) is 14.3. The molecular weight excluding hydrogens is 290 g/mol. The van der Waals surface area contributed by atoms with Crippen molar-refractivity contribution < 1.29 is 13.2 Å². The molecular formula is C14H31N3O3S. The van der Waals surface area contributed by atoms with E-state index in [0.29, 0.717) is 32.3 Å². The lowest BCUT2D eigenvalue weighted by atomic mass is 10.1. The van der Waals surface area contributed by atoms with E-state index in [0.717, 1.165) is 32.4 Å². The normalized spacial score (nSPS) is 20.3. The van der Waals surface area contributed by atoms with Gasteiger partial charge in [-0.15, -0.1) is 0 Å². The summed E-state index contributed by atoms with van der Waals surface area (Å²) in [4.78, 5) is 2.39. The SMILES string of the molecule is CCOCCS(=O)(=O)N1CCCN(C(CC)CCN)CC1. The molecule has 1 aliphatic heterocycles. The van der Waals surface area contributed by atoms with E-state index >= 15 is 0 Å². The molecule has 1 fully saturated rings. The van der Waals surface area contributed by atoms with Gasteiger partial charge in [-0.05, 0) is 39.3 Å². The number of sulfonamides is 1. The van der Waals surface area contributed by atoms with Crippen LogP contribution < -0.4 is 5.73 Å². The lowest BCUT2D eigenvalue weighted by molar-refractivity contribution is 0.162. The van der Waals surface area contributed by atoms with Gasteiger partial charge in [-0.2, -0.15) is 0 Å². The molecule has 1 rings (SSSR count). The van der Waals surface area contributed by atoms with E-state index in [2.05, 4.69) is 11.8 Å². The van der Waals surface area contributed by atoms with E-state index in [1.54, 1.807) is 4.31 Å². The first-order valence-electron chi connectivity index (χ1n) is 8.04.